The lowest BCUT2D eigenvalue weighted by Gasteiger charge is -2.26. The fraction of sp³-hybridized carbons (Fsp3) is 0.818. The zero-order chi connectivity index (χ0) is 11.4. The van der Waals surface area contributed by atoms with E-state index in [0.29, 0.717) is 6.42 Å². The van der Waals surface area contributed by atoms with Gasteiger partial charge < -0.3 is 9.47 Å². The molecule has 0 aromatic carbocycles. The van der Waals surface area contributed by atoms with Crippen molar-refractivity contribution < 1.29 is 19.1 Å². The summed E-state index contributed by atoms with van der Waals surface area (Å²) >= 11 is 0. The highest BCUT2D eigenvalue weighted by atomic mass is 16.6. The SMILES string of the molecule is CCCC1CC(=O)OC(C)C(C)OC1=O. The molecular weight excluding hydrogens is 196 g/mol. The minimum absolute atomic E-state index is 0.143. The molecule has 86 valence electrons. The Labute approximate surface area is 89.9 Å². The fourth-order valence-corrected chi connectivity index (χ4v) is 1.58. The Morgan fingerprint density at radius 1 is 1.20 bits per heavy atom. The minimum Gasteiger partial charge on any atom is -0.459 e. The molecular formula is C11H18O4. The molecule has 0 bridgehead atoms. The Balaban J connectivity index is 2.70. The minimum atomic E-state index is -0.360. The van der Waals surface area contributed by atoms with Gasteiger partial charge in [-0.15, -0.1) is 0 Å². The Kier molecular flexibility index (Phi) is 4.12. The summed E-state index contributed by atoms with van der Waals surface area (Å²) in [5, 5.41) is 0. The molecule has 1 heterocycles. The van der Waals surface area contributed by atoms with Gasteiger partial charge in [-0.25, -0.2) is 0 Å². The molecule has 1 fully saturated rings. The van der Waals surface area contributed by atoms with E-state index in [-0.39, 0.29) is 36.5 Å². The Morgan fingerprint density at radius 2 is 1.80 bits per heavy atom. The van der Waals surface area contributed by atoms with Gasteiger partial charge in [0, 0.05) is 0 Å². The topological polar surface area (TPSA) is 52.6 Å². The van der Waals surface area contributed by atoms with Gasteiger partial charge in [-0.2, -0.15) is 0 Å². The summed E-state index contributed by atoms with van der Waals surface area (Å²) in [6, 6.07) is 0. The molecule has 3 atom stereocenters. The van der Waals surface area contributed by atoms with Crippen molar-refractivity contribution in [3.8, 4) is 0 Å². The van der Waals surface area contributed by atoms with E-state index >= 15 is 0 Å². The number of carbonyl (C=O) groups is 2. The second-order valence-electron chi connectivity index (χ2n) is 4.03. The van der Waals surface area contributed by atoms with Crippen LogP contribution in [0.2, 0.25) is 0 Å². The van der Waals surface area contributed by atoms with Gasteiger partial charge in [-0.3, -0.25) is 9.59 Å². The third kappa shape index (κ3) is 3.22. The molecule has 15 heavy (non-hydrogen) atoms. The van der Waals surface area contributed by atoms with Crippen LogP contribution in [0.25, 0.3) is 0 Å². The number of hydrogen-bond donors (Lipinski definition) is 0. The van der Waals surface area contributed by atoms with Crippen molar-refractivity contribution in [1.82, 2.24) is 0 Å². The number of ether oxygens (including phenoxy) is 2. The predicted octanol–water partition coefficient (Wildman–Crippen LogP) is 1.67. The van der Waals surface area contributed by atoms with Gasteiger partial charge in [0.2, 0.25) is 0 Å². The maximum absolute atomic E-state index is 11.6. The van der Waals surface area contributed by atoms with Crippen LogP contribution in [0, 0.1) is 5.92 Å². The molecule has 1 rings (SSSR count). The maximum atomic E-state index is 11.6. The van der Waals surface area contributed by atoms with Crippen LogP contribution in [-0.2, 0) is 19.1 Å². The van der Waals surface area contributed by atoms with Gasteiger partial charge in [0.15, 0.2) is 0 Å². The summed E-state index contributed by atoms with van der Waals surface area (Å²) in [6.07, 6.45) is 0.959. The summed E-state index contributed by atoms with van der Waals surface area (Å²) in [7, 11) is 0. The van der Waals surface area contributed by atoms with E-state index in [1.807, 2.05) is 6.92 Å². The van der Waals surface area contributed by atoms with Gasteiger partial charge in [-0.05, 0) is 20.3 Å². The molecule has 0 radical (unpaired) electrons. The predicted molar refractivity (Wildman–Crippen MR) is 54.1 cm³/mol. The number of carbonyl (C=O) groups excluding carboxylic acids is 2. The maximum Gasteiger partial charge on any atom is 0.309 e. The molecule has 0 saturated carbocycles. The molecule has 0 amide bonds. The highest BCUT2D eigenvalue weighted by Gasteiger charge is 2.31. The quantitative estimate of drug-likeness (QED) is 0.656. The van der Waals surface area contributed by atoms with Crippen molar-refractivity contribution in [3.05, 3.63) is 0 Å². The van der Waals surface area contributed by atoms with E-state index in [1.54, 1.807) is 13.8 Å². The van der Waals surface area contributed by atoms with Crippen molar-refractivity contribution in [1.29, 1.82) is 0 Å². The van der Waals surface area contributed by atoms with Crippen molar-refractivity contribution >= 4 is 11.9 Å². The van der Waals surface area contributed by atoms with Crippen LogP contribution in [0.3, 0.4) is 0 Å². The summed E-state index contributed by atoms with van der Waals surface area (Å²) in [4.78, 5) is 23.0. The van der Waals surface area contributed by atoms with Crippen molar-refractivity contribution in [2.45, 2.75) is 52.2 Å². The first-order chi connectivity index (χ1) is 7.04. The van der Waals surface area contributed by atoms with Crippen LogP contribution in [-0.4, -0.2) is 24.1 Å². The van der Waals surface area contributed by atoms with Crippen molar-refractivity contribution in [2.75, 3.05) is 0 Å². The first-order valence-corrected chi connectivity index (χ1v) is 5.44. The summed E-state index contributed by atoms with van der Waals surface area (Å²) in [5.41, 5.74) is 0. The lowest BCUT2D eigenvalue weighted by molar-refractivity contribution is -0.177. The lowest BCUT2D eigenvalue weighted by atomic mass is 9.99. The van der Waals surface area contributed by atoms with E-state index in [4.69, 9.17) is 9.47 Å². The van der Waals surface area contributed by atoms with E-state index in [2.05, 4.69) is 0 Å². The largest absolute Gasteiger partial charge is 0.459 e. The molecule has 4 heteroatoms. The molecule has 1 saturated heterocycles. The average molecular weight is 214 g/mol. The van der Waals surface area contributed by atoms with Gasteiger partial charge in [0.1, 0.15) is 12.2 Å². The molecule has 3 unspecified atom stereocenters. The van der Waals surface area contributed by atoms with Gasteiger partial charge in [-0.1, -0.05) is 13.3 Å². The smallest absolute Gasteiger partial charge is 0.309 e. The molecule has 0 aliphatic carbocycles. The number of cyclic esters (lactones) is 2. The molecule has 0 aromatic rings. The molecule has 0 aromatic heterocycles. The summed E-state index contributed by atoms with van der Waals surface area (Å²) < 4.78 is 10.3. The van der Waals surface area contributed by atoms with Crippen molar-refractivity contribution in [3.63, 3.8) is 0 Å². The first-order valence-electron chi connectivity index (χ1n) is 5.44. The van der Waals surface area contributed by atoms with Crippen LogP contribution in [0.15, 0.2) is 0 Å². The summed E-state index contributed by atoms with van der Waals surface area (Å²) in [6.45, 7) is 5.45. The van der Waals surface area contributed by atoms with Gasteiger partial charge in [0.05, 0.1) is 12.3 Å². The highest BCUT2D eigenvalue weighted by molar-refractivity contribution is 5.80. The Hall–Kier alpha value is -1.06. The number of esters is 2. The van der Waals surface area contributed by atoms with Crippen LogP contribution < -0.4 is 0 Å². The molecule has 4 nitrogen and oxygen atoms in total. The fourth-order valence-electron chi connectivity index (χ4n) is 1.58. The third-order valence-corrected chi connectivity index (χ3v) is 2.66. The van der Waals surface area contributed by atoms with E-state index in [0.717, 1.165) is 6.42 Å². The molecule has 1 aliphatic rings. The van der Waals surface area contributed by atoms with Crippen LogP contribution >= 0.6 is 0 Å². The number of rotatable bonds is 2. The van der Waals surface area contributed by atoms with Gasteiger partial charge in [0.25, 0.3) is 0 Å². The Bertz CT molecular complexity index is 249. The van der Waals surface area contributed by atoms with E-state index < -0.39 is 0 Å². The Morgan fingerprint density at radius 3 is 2.40 bits per heavy atom. The zero-order valence-corrected chi connectivity index (χ0v) is 9.49. The zero-order valence-electron chi connectivity index (χ0n) is 9.49. The van der Waals surface area contributed by atoms with Crippen LogP contribution in [0.5, 0.6) is 0 Å². The molecule has 0 N–H and O–H groups in total. The monoisotopic (exact) mass is 214 g/mol. The molecule has 0 spiro atoms. The van der Waals surface area contributed by atoms with Crippen LogP contribution in [0.4, 0.5) is 0 Å². The lowest BCUT2D eigenvalue weighted by Crippen LogP contribution is -2.37. The first kappa shape index (κ1) is 12.0. The van der Waals surface area contributed by atoms with Crippen LogP contribution in [0.1, 0.15) is 40.0 Å². The average Bonchev–Trinajstić information content (AvgIpc) is 2.15. The number of hydrogen-bond acceptors (Lipinski definition) is 4. The van der Waals surface area contributed by atoms with E-state index in [1.165, 1.54) is 0 Å². The van der Waals surface area contributed by atoms with Gasteiger partial charge >= 0.3 is 11.9 Å². The summed E-state index contributed by atoms with van der Waals surface area (Å²) in [5.74, 6) is -0.908. The molecule has 1 aliphatic heterocycles. The highest BCUT2D eigenvalue weighted by Crippen LogP contribution is 2.20. The van der Waals surface area contributed by atoms with E-state index in [9.17, 15) is 9.59 Å². The normalized spacial score (nSPS) is 32.6. The van der Waals surface area contributed by atoms with Crippen molar-refractivity contribution in [2.24, 2.45) is 5.92 Å². The standard InChI is InChI=1S/C11H18O4/c1-4-5-9-6-10(12)14-7(2)8(3)15-11(9)13/h7-9H,4-6H2,1-3H3. The third-order valence-electron chi connectivity index (χ3n) is 2.66. The second-order valence-corrected chi connectivity index (χ2v) is 4.03. The second kappa shape index (κ2) is 5.14.